The monoisotopic (exact) mass is 304 g/mol. The second-order valence-corrected chi connectivity index (χ2v) is 6.47. The Hall–Kier alpha value is -1.38. The molecule has 8 heteroatoms. The highest BCUT2D eigenvalue weighted by Gasteiger charge is 2.24. The SMILES string of the molecule is COC(=O)c1coc(S(=O)(=O)NC(CN)CC(C)C)c1. The summed E-state index contributed by atoms with van der Waals surface area (Å²) in [6, 6.07) is 0.739. The van der Waals surface area contributed by atoms with Gasteiger partial charge < -0.3 is 14.9 Å². The van der Waals surface area contributed by atoms with Gasteiger partial charge in [-0.2, -0.15) is 0 Å². The van der Waals surface area contributed by atoms with E-state index in [0.29, 0.717) is 12.3 Å². The van der Waals surface area contributed by atoms with Gasteiger partial charge in [-0.3, -0.25) is 0 Å². The van der Waals surface area contributed by atoms with Gasteiger partial charge >= 0.3 is 5.97 Å². The van der Waals surface area contributed by atoms with Gasteiger partial charge in [0.2, 0.25) is 5.09 Å². The van der Waals surface area contributed by atoms with Gasteiger partial charge in [0.1, 0.15) is 6.26 Å². The van der Waals surface area contributed by atoms with E-state index in [1.807, 2.05) is 13.8 Å². The summed E-state index contributed by atoms with van der Waals surface area (Å²) in [5.41, 5.74) is 5.59. The minimum Gasteiger partial charge on any atom is -0.465 e. The Kier molecular flexibility index (Phi) is 5.73. The highest BCUT2D eigenvalue weighted by atomic mass is 32.2. The standard InChI is InChI=1S/C12H20N2O5S/c1-8(2)4-10(6-13)14-20(16,17)11-5-9(7-19-11)12(15)18-3/h5,7-8,10,14H,4,6,13H2,1-3H3. The van der Waals surface area contributed by atoms with E-state index >= 15 is 0 Å². The normalized spacial score (nSPS) is 13.4. The molecular formula is C12H20N2O5S. The smallest absolute Gasteiger partial charge is 0.341 e. The summed E-state index contributed by atoms with van der Waals surface area (Å²) in [7, 11) is -2.64. The number of nitrogens with one attached hydrogen (secondary N) is 1. The van der Waals surface area contributed by atoms with Crippen molar-refractivity contribution < 1.29 is 22.4 Å². The fourth-order valence-corrected chi connectivity index (χ4v) is 2.93. The zero-order valence-corrected chi connectivity index (χ0v) is 12.6. The third-order valence-electron chi connectivity index (χ3n) is 2.62. The molecule has 20 heavy (non-hydrogen) atoms. The van der Waals surface area contributed by atoms with Gasteiger partial charge in [0.05, 0.1) is 12.7 Å². The molecule has 0 radical (unpaired) electrons. The Bertz CT molecular complexity index is 550. The summed E-state index contributed by atoms with van der Waals surface area (Å²) in [5.74, 6) is -0.360. The van der Waals surface area contributed by atoms with Crippen LogP contribution in [0, 0.1) is 5.92 Å². The van der Waals surface area contributed by atoms with Crippen LogP contribution in [0.5, 0.6) is 0 Å². The fraction of sp³-hybridized carbons (Fsp3) is 0.583. The number of methoxy groups -OCH3 is 1. The van der Waals surface area contributed by atoms with E-state index in [2.05, 4.69) is 9.46 Å². The minimum atomic E-state index is -3.84. The maximum Gasteiger partial charge on any atom is 0.341 e. The van der Waals surface area contributed by atoms with Crippen molar-refractivity contribution in [1.29, 1.82) is 0 Å². The molecule has 1 aromatic heterocycles. The third kappa shape index (κ3) is 4.32. The molecule has 0 saturated carbocycles. The molecule has 0 aliphatic heterocycles. The first-order chi connectivity index (χ1) is 9.30. The quantitative estimate of drug-likeness (QED) is 0.718. The predicted molar refractivity (Wildman–Crippen MR) is 72.7 cm³/mol. The van der Waals surface area contributed by atoms with Crippen molar-refractivity contribution in [3.63, 3.8) is 0 Å². The molecule has 1 aromatic rings. The van der Waals surface area contributed by atoms with E-state index in [1.54, 1.807) is 0 Å². The molecule has 1 unspecified atom stereocenters. The molecule has 1 heterocycles. The van der Waals surface area contributed by atoms with Gasteiger partial charge in [0.25, 0.3) is 10.0 Å². The second kappa shape index (κ2) is 6.87. The molecule has 3 N–H and O–H groups in total. The lowest BCUT2D eigenvalue weighted by Crippen LogP contribution is -2.40. The molecular weight excluding hydrogens is 284 g/mol. The highest BCUT2D eigenvalue weighted by molar-refractivity contribution is 7.89. The zero-order valence-electron chi connectivity index (χ0n) is 11.8. The van der Waals surface area contributed by atoms with Crippen molar-refractivity contribution in [3.05, 3.63) is 17.9 Å². The number of sulfonamides is 1. The van der Waals surface area contributed by atoms with Crippen molar-refractivity contribution in [1.82, 2.24) is 4.72 Å². The summed E-state index contributed by atoms with van der Waals surface area (Å²) in [5, 5.41) is -0.333. The van der Waals surface area contributed by atoms with Crippen LogP contribution in [-0.2, 0) is 14.8 Å². The number of hydrogen-bond acceptors (Lipinski definition) is 6. The first kappa shape index (κ1) is 16.7. The molecule has 0 aliphatic carbocycles. The lowest BCUT2D eigenvalue weighted by molar-refractivity contribution is 0.0600. The van der Waals surface area contributed by atoms with Crippen molar-refractivity contribution in [2.75, 3.05) is 13.7 Å². The molecule has 114 valence electrons. The van der Waals surface area contributed by atoms with E-state index in [-0.39, 0.29) is 23.2 Å². The number of ether oxygens (including phenoxy) is 1. The van der Waals surface area contributed by atoms with Crippen LogP contribution < -0.4 is 10.5 Å². The number of carbonyl (C=O) groups excluding carboxylic acids is 1. The number of furan rings is 1. The minimum absolute atomic E-state index is 0.0426. The average Bonchev–Trinajstić information content (AvgIpc) is 2.86. The van der Waals surface area contributed by atoms with E-state index in [1.165, 1.54) is 7.11 Å². The molecule has 0 bridgehead atoms. The molecule has 1 rings (SSSR count). The largest absolute Gasteiger partial charge is 0.465 e. The van der Waals surface area contributed by atoms with Gasteiger partial charge in [-0.15, -0.1) is 0 Å². The van der Waals surface area contributed by atoms with Crippen molar-refractivity contribution in [2.24, 2.45) is 11.7 Å². The number of hydrogen-bond donors (Lipinski definition) is 2. The topological polar surface area (TPSA) is 112 Å². The fourth-order valence-electron chi connectivity index (χ4n) is 1.72. The molecule has 0 amide bonds. The van der Waals surface area contributed by atoms with Gasteiger partial charge in [0, 0.05) is 18.7 Å². The summed E-state index contributed by atoms with van der Waals surface area (Å²) in [6.45, 7) is 4.13. The first-order valence-electron chi connectivity index (χ1n) is 6.19. The zero-order chi connectivity index (χ0) is 15.3. The summed E-state index contributed by atoms with van der Waals surface area (Å²) >= 11 is 0. The van der Waals surface area contributed by atoms with Crippen molar-refractivity contribution in [2.45, 2.75) is 31.4 Å². The Morgan fingerprint density at radius 3 is 2.65 bits per heavy atom. The highest BCUT2D eigenvalue weighted by Crippen LogP contribution is 2.16. The third-order valence-corrected chi connectivity index (χ3v) is 4.01. The van der Waals surface area contributed by atoms with E-state index in [4.69, 9.17) is 10.2 Å². The molecule has 0 saturated heterocycles. The van der Waals surface area contributed by atoms with Gasteiger partial charge in [-0.25, -0.2) is 17.9 Å². The summed E-state index contributed by atoms with van der Waals surface area (Å²) in [4.78, 5) is 11.3. The van der Waals surface area contributed by atoms with Crippen molar-refractivity contribution >= 4 is 16.0 Å². The van der Waals surface area contributed by atoms with Crippen molar-refractivity contribution in [3.8, 4) is 0 Å². The number of rotatable bonds is 7. The molecule has 0 fully saturated rings. The van der Waals surface area contributed by atoms with E-state index in [0.717, 1.165) is 12.3 Å². The van der Waals surface area contributed by atoms with E-state index < -0.39 is 16.0 Å². The van der Waals surface area contributed by atoms with Crippen LogP contribution in [0.2, 0.25) is 0 Å². The van der Waals surface area contributed by atoms with Gasteiger partial charge in [-0.05, 0) is 12.3 Å². The average molecular weight is 304 g/mol. The number of esters is 1. The van der Waals surface area contributed by atoms with Crippen LogP contribution in [0.3, 0.4) is 0 Å². The Labute approximate surface area is 118 Å². The molecule has 7 nitrogen and oxygen atoms in total. The van der Waals surface area contributed by atoms with Crippen LogP contribution in [0.4, 0.5) is 0 Å². The lowest BCUT2D eigenvalue weighted by atomic mass is 10.1. The molecule has 1 atom stereocenters. The molecule has 0 aliphatic rings. The molecule has 0 spiro atoms. The van der Waals surface area contributed by atoms with Crippen LogP contribution in [0.1, 0.15) is 30.6 Å². The summed E-state index contributed by atoms with van der Waals surface area (Å²) in [6.07, 6.45) is 1.65. The van der Waals surface area contributed by atoms with Crippen LogP contribution in [0.25, 0.3) is 0 Å². The first-order valence-corrected chi connectivity index (χ1v) is 7.67. The lowest BCUT2D eigenvalue weighted by Gasteiger charge is -2.17. The summed E-state index contributed by atoms with van der Waals surface area (Å²) < 4.78 is 36.0. The van der Waals surface area contributed by atoms with Crippen LogP contribution >= 0.6 is 0 Å². The molecule has 0 aromatic carbocycles. The maximum atomic E-state index is 12.1. The maximum absolute atomic E-state index is 12.1. The Morgan fingerprint density at radius 1 is 1.50 bits per heavy atom. The van der Waals surface area contributed by atoms with Gasteiger partial charge in [0.15, 0.2) is 0 Å². The Morgan fingerprint density at radius 2 is 2.15 bits per heavy atom. The number of carbonyl (C=O) groups is 1. The Balaban J connectivity index is 2.87. The van der Waals surface area contributed by atoms with Crippen LogP contribution in [-0.4, -0.2) is 34.1 Å². The van der Waals surface area contributed by atoms with Crippen LogP contribution in [0.15, 0.2) is 21.8 Å². The van der Waals surface area contributed by atoms with E-state index in [9.17, 15) is 13.2 Å². The predicted octanol–water partition coefficient (Wildman–Crippen LogP) is 0.718. The second-order valence-electron chi connectivity index (χ2n) is 4.83. The number of nitrogens with two attached hydrogens (primary N) is 1. The van der Waals surface area contributed by atoms with Gasteiger partial charge in [-0.1, -0.05) is 13.8 Å².